The van der Waals surface area contributed by atoms with Gasteiger partial charge in [0.05, 0.1) is 5.56 Å². The summed E-state index contributed by atoms with van der Waals surface area (Å²) in [6.45, 7) is 4.69. The van der Waals surface area contributed by atoms with E-state index in [9.17, 15) is 14.4 Å². The zero-order valence-corrected chi connectivity index (χ0v) is 14.8. The number of aliphatic imine (C=N–C) groups is 1. The lowest BCUT2D eigenvalue weighted by Gasteiger charge is -2.12. The molecule has 8 heteroatoms. The summed E-state index contributed by atoms with van der Waals surface area (Å²) in [5, 5.41) is 2.81. The van der Waals surface area contributed by atoms with E-state index in [1.54, 1.807) is 20.2 Å². The molecule has 0 aromatic carbocycles. The third kappa shape index (κ3) is 4.89. The first-order valence-electron chi connectivity index (χ1n) is 8.11. The van der Waals surface area contributed by atoms with Crippen LogP contribution in [0.25, 0.3) is 0 Å². The fourth-order valence-corrected chi connectivity index (χ4v) is 2.30. The van der Waals surface area contributed by atoms with E-state index in [1.807, 2.05) is 6.92 Å². The smallest absolute Gasteiger partial charge is 0.332 e. The van der Waals surface area contributed by atoms with E-state index in [4.69, 9.17) is 5.73 Å². The normalized spacial score (nSPS) is 12.5. The second-order valence-corrected chi connectivity index (χ2v) is 5.80. The topological polar surface area (TPSA) is 111 Å². The lowest BCUT2D eigenvalue weighted by atomic mass is 10.0. The Bertz CT molecular complexity index is 680. The Kier molecular flexibility index (Phi) is 7.57. The van der Waals surface area contributed by atoms with Gasteiger partial charge in [0.25, 0.3) is 5.56 Å². The molecular weight excluding hydrogens is 310 g/mol. The molecule has 0 aliphatic rings. The molecule has 1 amide bonds. The van der Waals surface area contributed by atoms with Gasteiger partial charge in [-0.2, -0.15) is 0 Å². The van der Waals surface area contributed by atoms with E-state index < -0.39 is 5.69 Å². The minimum absolute atomic E-state index is 0.0589. The third-order valence-electron chi connectivity index (χ3n) is 3.94. The molecule has 1 unspecified atom stereocenters. The average Bonchev–Trinajstić information content (AvgIpc) is 2.57. The minimum Gasteiger partial charge on any atom is -0.356 e. The van der Waals surface area contributed by atoms with Gasteiger partial charge in [-0.05, 0) is 26.3 Å². The Morgan fingerprint density at radius 3 is 2.58 bits per heavy atom. The van der Waals surface area contributed by atoms with Gasteiger partial charge in [0, 0.05) is 39.2 Å². The highest BCUT2D eigenvalue weighted by Gasteiger charge is 2.13. The van der Waals surface area contributed by atoms with E-state index >= 15 is 0 Å². The van der Waals surface area contributed by atoms with Crippen LogP contribution in [0.4, 0.5) is 5.82 Å². The number of amides is 1. The lowest BCUT2D eigenvalue weighted by molar-refractivity contribution is -0.121. The summed E-state index contributed by atoms with van der Waals surface area (Å²) in [6.07, 6.45) is 3.42. The van der Waals surface area contributed by atoms with Crippen molar-refractivity contribution in [2.75, 3.05) is 13.1 Å². The molecular formula is C16H27N5O3. The van der Waals surface area contributed by atoms with Gasteiger partial charge in [-0.3, -0.25) is 18.7 Å². The largest absolute Gasteiger partial charge is 0.356 e. The molecule has 0 spiro atoms. The molecule has 24 heavy (non-hydrogen) atoms. The second kappa shape index (κ2) is 9.17. The molecule has 0 aliphatic carbocycles. The summed E-state index contributed by atoms with van der Waals surface area (Å²) in [7, 11) is 3.01. The van der Waals surface area contributed by atoms with Crippen molar-refractivity contribution >= 4 is 17.9 Å². The molecule has 1 atom stereocenters. The number of carbonyl (C=O) groups is 1. The first-order chi connectivity index (χ1) is 11.3. The zero-order chi connectivity index (χ0) is 18.3. The molecule has 8 nitrogen and oxygen atoms in total. The number of nitrogens with one attached hydrogen (secondary N) is 1. The molecule has 1 rings (SSSR count). The summed E-state index contributed by atoms with van der Waals surface area (Å²) in [5.74, 6) is 0.197. The van der Waals surface area contributed by atoms with E-state index in [1.165, 1.54) is 11.6 Å². The van der Waals surface area contributed by atoms with Crippen molar-refractivity contribution in [3.05, 3.63) is 26.4 Å². The Labute approximate surface area is 141 Å². The Morgan fingerprint density at radius 1 is 1.33 bits per heavy atom. The van der Waals surface area contributed by atoms with E-state index in [0.29, 0.717) is 30.9 Å². The van der Waals surface area contributed by atoms with Crippen LogP contribution in [0.1, 0.15) is 31.7 Å². The molecule has 134 valence electrons. The van der Waals surface area contributed by atoms with Crippen LogP contribution in [-0.4, -0.2) is 34.3 Å². The molecule has 0 saturated carbocycles. The highest BCUT2D eigenvalue weighted by molar-refractivity contribution is 5.80. The van der Waals surface area contributed by atoms with E-state index in [2.05, 4.69) is 10.3 Å². The van der Waals surface area contributed by atoms with E-state index in [0.717, 1.165) is 17.4 Å². The zero-order valence-electron chi connectivity index (χ0n) is 14.8. The maximum absolute atomic E-state index is 12.0. The molecule has 0 saturated heterocycles. The highest BCUT2D eigenvalue weighted by atomic mass is 16.2. The van der Waals surface area contributed by atoms with Crippen LogP contribution in [0.5, 0.6) is 0 Å². The summed E-state index contributed by atoms with van der Waals surface area (Å²) >= 11 is 0. The Balaban J connectivity index is 2.92. The SMILES string of the molecule is CCC(C=Nc1c(C)c(=O)n(C)c(=O)n1C)CC(=O)NCCCN. The van der Waals surface area contributed by atoms with Gasteiger partial charge in [0.2, 0.25) is 5.91 Å². The first-order valence-corrected chi connectivity index (χ1v) is 8.11. The Hall–Kier alpha value is -2.22. The average molecular weight is 337 g/mol. The van der Waals surface area contributed by atoms with Gasteiger partial charge < -0.3 is 11.1 Å². The number of hydrogen-bond donors (Lipinski definition) is 2. The molecule has 1 heterocycles. The van der Waals surface area contributed by atoms with Crippen LogP contribution in [0.2, 0.25) is 0 Å². The highest BCUT2D eigenvalue weighted by Crippen LogP contribution is 2.13. The summed E-state index contributed by atoms with van der Waals surface area (Å²) in [4.78, 5) is 40.2. The van der Waals surface area contributed by atoms with Gasteiger partial charge in [-0.15, -0.1) is 0 Å². The molecule has 1 aromatic rings. The minimum atomic E-state index is -0.426. The van der Waals surface area contributed by atoms with Gasteiger partial charge in [0.1, 0.15) is 5.82 Å². The standard InChI is InChI=1S/C16H27N5O3/c1-5-12(9-13(22)18-8-6-7-17)10-19-14-11(2)15(23)21(4)16(24)20(14)3/h10,12H,5-9,17H2,1-4H3,(H,18,22). The van der Waals surface area contributed by atoms with Crippen molar-refractivity contribution in [1.82, 2.24) is 14.5 Å². The number of hydrogen-bond acceptors (Lipinski definition) is 5. The van der Waals surface area contributed by atoms with Crippen LogP contribution in [0, 0.1) is 12.8 Å². The molecule has 0 aliphatic heterocycles. The molecule has 1 aromatic heterocycles. The number of carbonyl (C=O) groups excluding carboxylic acids is 1. The predicted octanol–water partition coefficient (Wildman–Crippen LogP) is -0.0240. The Morgan fingerprint density at radius 2 is 2.00 bits per heavy atom. The monoisotopic (exact) mass is 337 g/mol. The maximum atomic E-state index is 12.0. The molecule has 0 bridgehead atoms. The lowest BCUT2D eigenvalue weighted by Crippen LogP contribution is -2.38. The van der Waals surface area contributed by atoms with Crippen LogP contribution >= 0.6 is 0 Å². The van der Waals surface area contributed by atoms with Crippen LogP contribution in [0.15, 0.2) is 14.6 Å². The van der Waals surface area contributed by atoms with E-state index in [-0.39, 0.29) is 17.4 Å². The first kappa shape index (κ1) is 19.8. The number of nitrogens with two attached hydrogens (primary N) is 1. The van der Waals surface area contributed by atoms with Crippen molar-refractivity contribution in [3.8, 4) is 0 Å². The predicted molar refractivity (Wildman–Crippen MR) is 94.9 cm³/mol. The summed E-state index contributed by atoms with van der Waals surface area (Å²) in [6, 6.07) is 0. The van der Waals surface area contributed by atoms with Crippen molar-refractivity contribution < 1.29 is 4.79 Å². The molecule has 3 N–H and O–H groups in total. The van der Waals surface area contributed by atoms with Gasteiger partial charge in [-0.1, -0.05) is 6.92 Å². The quantitative estimate of drug-likeness (QED) is 0.513. The van der Waals surface area contributed by atoms with Crippen molar-refractivity contribution in [1.29, 1.82) is 0 Å². The fraction of sp³-hybridized carbons (Fsp3) is 0.625. The molecule has 0 fully saturated rings. The number of nitrogens with zero attached hydrogens (tertiary/aromatic N) is 3. The van der Waals surface area contributed by atoms with Crippen LogP contribution in [-0.2, 0) is 18.9 Å². The second-order valence-electron chi connectivity index (χ2n) is 5.80. The maximum Gasteiger partial charge on any atom is 0.332 e. The third-order valence-corrected chi connectivity index (χ3v) is 3.94. The van der Waals surface area contributed by atoms with Gasteiger partial charge in [0.15, 0.2) is 0 Å². The number of rotatable bonds is 8. The molecule has 0 radical (unpaired) electrons. The van der Waals surface area contributed by atoms with Crippen molar-refractivity contribution in [2.45, 2.75) is 33.1 Å². The van der Waals surface area contributed by atoms with Crippen LogP contribution < -0.4 is 22.3 Å². The van der Waals surface area contributed by atoms with Crippen LogP contribution in [0.3, 0.4) is 0 Å². The fourth-order valence-electron chi connectivity index (χ4n) is 2.30. The number of aromatic nitrogens is 2. The van der Waals surface area contributed by atoms with Crippen molar-refractivity contribution in [3.63, 3.8) is 0 Å². The van der Waals surface area contributed by atoms with Crippen molar-refractivity contribution in [2.24, 2.45) is 30.7 Å². The summed E-state index contributed by atoms with van der Waals surface area (Å²) in [5.41, 5.74) is 5.00. The van der Waals surface area contributed by atoms with Gasteiger partial charge in [-0.25, -0.2) is 9.79 Å². The summed E-state index contributed by atoms with van der Waals surface area (Å²) < 4.78 is 2.39. The van der Waals surface area contributed by atoms with Gasteiger partial charge >= 0.3 is 5.69 Å².